The highest BCUT2D eigenvalue weighted by Crippen LogP contribution is 2.18. The Balaban J connectivity index is 2.28. The lowest BCUT2D eigenvalue weighted by atomic mass is 9.93. The summed E-state index contributed by atoms with van der Waals surface area (Å²) >= 11 is 0. The van der Waals surface area contributed by atoms with Crippen molar-refractivity contribution in [1.29, 1.82) is 0 Å². The maximum atomic E-state index is 11.4. The lowest BCUT2D eigenvalue weighted by Crippen LogP contribution is -2.52. The highest BCUT2D eigenvalue weighted by Gasteiger charge is 2.32. The Morgan fingerprint density at radius 3 is 2.70 bits per heavy atom. The summed E-state index contributed by atoms with van der Waals surface area (Å²) < 4.78 is 0. The van der Waals surface area contributed by atoms with Gasteiger partial charge in [-0.05, 0) is 71.9 Å². The average molecular weight is 284 g/mol. The summed E-state index contributed by atoms with van der Waals surface area (Å²) in [6, 6.07) is 0.194. The number of carboxylic acid groups (broad SMARTS) is 1. The third-order valence-corrected chi connectivity index (χ3v) is 4.22. The van der Waals surface area contributed by atoms with E-state index >= 15 is 0 Å². The second-order valence-electron chi connectivity index (χ2n) is 6.94. The van der Waals surface area contributed by atoms with E-state index in [4.69, 9.17) is 0 Å². The van der Waals surface area contributed by atoms with Crippen LogP contribution < -0.4 is 5.32 Å². The Kier molecular flexibility index (Phi) is 6.96. The zero-order valence-electron chi connectivity index (χ0n) is 13.6. The Morgan fingerprint density at radius 2 is 2.15 bits per heavy atom. The minimum absolute atomic E-state index is 0.194. The van der Waals surface area contributed by atoms with Crippen molar-refractivity contribution in [3.8, 4) is 0 Å². The Labute approximate surface area is 123 Å². The van der Waals surface area contributed by atoms with Crippen molar-refractivity contribution < 1.29 is 9.90 Å². The maximum Gasteiger partial charge on any atom is 0.323 e. The number of rotatable bonds is 8. The van der Waals surface area contributed by atoms with Crippen LogP contribution in [0.15, 0.2) is 0 Å². The van der Waals surface area contributed by atoms with Gasteiger partial charge < -0.3 is 10.0 Å². The van der Waals surface area contributed by atoms with Crippen molar-refractivity contribution in [2.24, 2.45) is 5.92 Å². The van der Waals surface area contributed by atoms with Gasteiger partial charge >= 0.3 is 5.97 Å². The van der Waals surface area contributed by atoms with Gasteiger partial charge in [0.05, 0.1) is 0 Å². The second-order valence-corrected chi connectivity index (χ2v) is 6.94. The molecule has 118 valence electrons. The van der Waals surface area contributed by atoms with Crippen molar-refractivity contribution in [3.05, 3.63) is 0 Å². The predicted molar refractivity (Wildman–Crippen MR) is 83.0 cm³/mol. The number of carbonyl (C=O) groups is 1. The highest BCUT2D eigenvalue weighted by atomic mass is 16.4. The number of nitrogens with one attached hydrogen (secondary N) is 1. The topological polar surface area (TPSA) is 52.6 Å². The normalized spacial score (nSPS) is 23.8. The smallest absolute Gasteiger partial charge is 0.323 e. The third-order valence-electron chi connectivity index (χ3n) is 4.22. The minimum Gasteiger partial charge on any atom is -0.480 e. The zero-order valence-corrected chi connectivity index (χ0v) is 13.6. The molecule has 1 aliphatic rings. The quantitative estimate of drug-likeness (QED) is 0.673. The van der Waals surface area contributed by atoms with Gasteiger partial charge in [0.1, 0.15) is 5.54 Å². The molecule has 0 aromatic carbocycles. The van der Waals surface area contributed by atoms with Gasteiger partial charge in [-0.25, -0.2) is 0 Å². The van der Waals surface area contributed by atoms with Crippen LogP contribution in [0.1, 0.15) is 59.8 Å². The number of piperidine rings is 1. The van der Waals surface area contributed by atoms with Crippen LogP contribution in [0.3, 0.4) is 0 Å². The SMILES string of the molecule is CC1CCCN(CCCCC(C)(NC(C)C)C(=O)O)C1. The lowest BCUT2D eigenvalue weighted by Gasteiger charge is -2.32. The van der Waals surface area contributed by atoms with Gasteiger partial charge in [-0.1, -0.05) is 6.92 Å². The minimum atomic E-state index is -0.788. The summed E-state index contributed by atoms with van der Waals surface area (Å²) in [5, 5.41) is 12.6. The van der Waals surface area contributed by atoms with E-state index in [0.717, 1.165) is 25.3 Å². The molecule has 2 atom stereocenters. The molecule has 4 nitrogen and oxygen atoms in total. The van der Waals surface area contributed by atoms with Gasteiger partial charge in [-0.3, -0.25) is 10.1 Å². The summed E-state index contributed by atoms with van der Waals surface area (Å²) in [4.78, 5) is 14.0. The Hall–Kier alpha value is -0.610. The molecule has 1 aliphatic heterocycles. The van der Waals surface area contributed by atoms with Crippen molar-refractivity contribution in [1.82, 2.24) is 10.2 Å². The number of hydrogen-bond donors (Lipinski definition) is 2. The standard InChI is InChI=1S/C16H32N2O2/c1-13(2)17-16(4,15(19)20)9-5-6-10-18-11-7-8-14(3)12-18/h13-14,17H,5-12H2,1-4H3,(H,19,20). The van der Waals surface area contributed by atoms with Crippen molar-refractivity contribution >= 4 is 5.97 Å². The second kappa shape index (κ2) is 7.99. The fourth-order valence-electron chi connectivity index (χ4n) is 3.18. The number of unbranched alkanes of at least 4 members (excludes halogenated alkanes) is 1. The molecule has 0 aromatic rings. The average Bonchev–Trinajstić information content (AvgIpc) is 2.34. The van der Waals surface area contributed by atoms with Crippen LogP contribution in [0.5, 0.6) is 0 Å². The first-order chi connectivity index (χ1) is 9.33. The first-order valence-electron chi connectivity index (χ1n) is 8.07. The largest absolute Gasteiger partial charge is 0.480 e. The number of hydrogen-bond acceptors (Lipinski definition) is 3. The van der Waals surface area contributed by atoms with E-state index in [1.807, 2.05) is 13.8 Å². The van der Waals surface area contributed by atoms with E-state index in [1.54, 1.807) is 6.92 Å². The molecule has 0 aliphatic carbocycles. The number of carboxylic acids is 1. The van der Waals surface area contributed by atoms with Gasteiger partial charge in [-0.2, -0.15) is 0 Å². The molecule has 0 amide bonds. The van der Waals surface area contributed by atoms with Crippen molar-refractivity contribution in [3.63, 3.8) is 0 Å². The highest BCUT2D eigenvalue weighted by molar-refractivity contribution is 5.78. The van der Waals surface area contributed by atoms with Crippen LogP contribution in [-0.4, -0.2) is 47.2 Å². The first kappa shape index (κ1) is 17.4. The molecule has 0 bridgehead atoms. The summed E-state index contributed by atoms with van der Waals surface area (Å²) in [6.07, 6.45) is 5.42. The molecule has 1 rings (SSSR count). The number of nitrogens with zero attached hydrogens (tertiary/aromatic N) is 1. The third kappa shape index (κ3) is 5.80. The molecule has 2 N–H and O–H groups in total. The Morgan fingerprint density at radius 1 is 1.45 bits per heavy atom. The van der Waals surface area contributed by atoms with Crippen LogP contribution in [0.25, 0.3) is 0 Å². The molecule has 0 radical (unpaired) electrons. The summed E-state index contributed by atoms with van der Waals surface area (Å²) in [6.45, 7) is 11.7. The lowest BCUT2D eigenvalue weighted by molar-refractivity contribution is -0.144. The van der Waals surface area contributed by atoms with Gasteiger partial charge in [0.2, 0.25) is 0 Å². The summed E-state index contributed by atoms with van der Waals surface area (Å²) in [5.74, 6) is 0.0773. The van der Waals surface area contributed by atoms with E-state index < -0.39 is 11.5 Å². The zero-order chi connectivity index (χ0) is 15.2. The maximum absolute atomic E-state index is 11.4. The van der Waals surface area contributed by atoms with Crippen molar-refractivity contribution in [2.45, 2.75) is 71.4 Å². The summed E-state index contributed by atoms with van der Waals surface area (Å²) in [7, 11) is 0. The van der Waals surface area contributed by atoms with E-state index in [-0.39, 0.29) is 6.04 Å². The van der Waals surface area contributed by atoms with Gasteiger partial charge in [0.25, 0.3) is 0 Å². The molecular formula is C16H32N2O2. The number of aliphatic carboxylic acids is 1. The molecule has 1 fully saturated rings. The van der Waals surface area contributed by atoms with E-state index in [2.05, 4.69) is 17.1 Å². The van der Waals surface area contributed by atoms with Crippen LogP contribution in [0.4, 0.5) is 0 Å². The molecule has 1 heterocycles. The molecule has 2 unspecified atom stereocenters. The van der Waals surface area contributed by atoms with Crippen LogP contribution in [-0.2, 0) is 4.79 Å². The molecule has 20 heavy (non-hydrogen) atoms. The predicted octanol–water partition coefficient (Wildman–Crippen LogP) is 2.73. The van der Waals surface area contributed by atoms with Crippen molar-refractivity contribution in [2.75, 3.05) is 19.6 Å². The monoisotopic (exact) mass is 284 g/mol. The van der Waals surface area contributed by atoms with Crippen LogP contribution in [0.2, 0.25) is 0 Å². The molecule has 0 aromatic heterocycles. The van der Waals surface area contributed by atoms with Crippen LogP contribution in [0, 0.1) is 5.92 Å². The Bertz CT molecular complexity index is 307. The van der Waals surface area contributed by atoms with Crippen LogP contribution >= 0.6 is 0 Å². The van der Waals surface area contributed by atoms with E-state index in [0.29, 0.717) is 6.42 Å². The summed E-state index contributed by atoms with van der Waals surface area (Å²) in [5.41, 5.74) is -0.788. The van der Waals surface area contributed by atoms with Gasteiger partial charge in [0, 0.05) is 12.6 Å². The first-order valence-corrected chi connectivity index (χ1v) is 8.07. The molecule has 0 spiro atoms. The molecule has 1 saturated heterocycles. The molecule has 4 heteroatoms. The van der Waals surface area contributed by atoms with E-state index in [9.17, 15) is 9.90 Å². The van der Waals surface area contributed by atoms with Gasteiger partial charge in [-0.15, -0.1) is 0 Å². The fourth-order valence-corrected chi connectivity index (χ4v) is 3.18. The molecular weight excluding hydrogens is 252 g/mol. The fraction of sp³-hybridized carbons (Fsp3) is 0.938. The number of likely N-dealkylation sites (tertiary alicyclic amines) is 1. The van der Waals surface area contributed by atoms with E-state index in [1.165, 1.54) is 25.9 Å². The van der Waals surface area contributed by atoms with Gasteiger partial charge in [0.15, 0.2) is 0 Å². The molecule has 0 saturated carbocycles.